The van der Waals surface area contributed by atoms with E-state index in [9.17, 15) is 22.8 Å². The van der Waals surface area contributed by atoms with E-state index < -0.39 is 29.4 Å². The Morgan fingerprint density at radius 2 is 1.43 bits per heavy atom. The molecule has 0 aliphatic heterocycles. The van der Waals surface area contributed by atoms with Crippen molar-refractivity contribution in [2.75, 3.05) is 0 Å². The summed E-state index contributed by atoms with van der Waals surface area (Å²) < 4.78 is 58.5. The highest BCUT2D eigenvalue weighted by Crippen LogP contribution is 2.32. The average molecular weight is 480 g/mol. The van der Waals surface area contributed by atoms with Crippen molar-refractivity contribution in [1.82, 2.24) is 0 Å². The molecule has 0 atom stereocenters. The molecule has 178 valence electrons. The van der Waals surface area contributed by atoms with Crippen molar-refractivity contribution in [1.29, 1.82) is 0 Å². The summed E-state index contributed by atoms with van der Waals surface area (Å²) in [5.74, 6) is -3.79. The minimum atomic E-state index is -0.781. The van der Waals surface area contributed by atoms with Gasteiger partial charge in [-0.2, -0.15) is 0 Å². The second-order valence-electron chi connectivity index (χ2n) is 7.18. The molecule has 0 aliphatic rings. The van der Waals surface area contributed by atoms with Crippen molar-refractivity contribution in [2.45, 2.75) is 6.92 Å². The van der Waals surface area contributed by atoms with Crippen LogP contribution in [-0.2, 0) is 14.3 Å². The fourth-order valence-corrected chi connectivity index (χ4v) is 2.91. The van der Waals surface area contributed by atoms with Crippen LogP contribution in [0.25, 0.3) is 22.3 Å². The number of ether oxygens (including phenoxy) is 3. The quantitative estimate of drug-likeness (QED) is 0.159. The molecule has 3 rings (SSSR count). The summed E-state index contributed by atoms with van der Waals surface area (Å²) in [5.41, 5.74) is 0.796. The fourth-order valence-electron chi connectivity index (χ4n) is 2.91. The lowest BCUT2D eigenvalue weighted by Crippen LogP contribution is -2.08. The van der Waals surface area contributed by atoms with E-state index in [1.165, 1.54) is 43.3 Å². The van der Waals surface area contributed by atoms with E-state index in [1.54, 1.807) is 0 Å². The SMILES string of the molecule is C=CC(=O)OC=COc1ccc(-c2ccc(-c3ccc(OC(=O)C(=C)C)cc3F)cc2F)cc1F. The van der Waals surface area contributed by atoms with Gasteiger partial charge in [0.2, 0.25) is 0 Å². The minimum absolute atomic E-state index is 0.0113. The molecule has 3 aromatic carbocycles. The fraction of sp³-hybridized carbons (Fsp3) is 0.0370. The molecule has 0 bridgehead atoms. The largest absolute Gasteiger partial charge is 0.459 e. The van der Waals surface area contributed by atoms with Gasteiger partial charge in [-0.05, 0) is 48.4 Å². The average Bonchev–Trinajstić information content (AvgIpc) is 2.82. The van der Waals surface area contributed by atoms with E-state index in [4.69, 9.17) is 9.47 Å². The molecular weight excluding hydrogens is 461 g/mol. The smallest absolute Gasteiger partial charge is 0.338 e. The third-order valence-corrected chi connectivity index (χ3v) is 4.62. The second-order valence-corrected chi connectivity index (χ2v) is 7.18. The van der Waals surface area contributed by atoms with Gasteiger partial charge >= 0.3 is 11.9 Å². The maximum Gasteiger partial charge on any atom is 0.338 e. The molecule has 35 heavy (non-hydrogen) atoms. The van der Waals surface area contributed by atoms with Crippen LogP contribution in [0.3, 0.4) is 0 Å². The van der Waals surface area contributed by atoms with Gasteiger partial charge in [-0.3, -0.25) is 0 Å². The lowest BCUT2D eigenvalue weighted by atomic mass is 9.99. The van der Waals surface area contributed by atoms with Gasteiger partial charge in [0.25, 0.3) is 0 Å². The summed E-state index contributed by atoms with van der Waals surface area (Å²) in [7, 11) is 0. The zero-order chi connectivity index (χ0) is 25.5. The molecule has 0 aliphatic carbocycles. The topological polar surface area (TPSA) is 61.8 Å². The van der Waals surface area contributed by atoms with Crippen molar-refractivity contribution in [3.8, 4) is 33.8 Å². The van der Waals surface area contributed by atoms with Gasteiger partial charge in [0.05, 0.1) is 0 Å². The summed E-state index contributed by atoms with van der Waals surface area (Å²) in [4.78, 5) is 22.5. The Balaban J connectivity index is 1.79. The Kier molecular flexibility index (Phi) is 7.88. The number of rotatable bonds is 8. The first-order chi connectivity index (χ1) is 16.7. The van der Waals surface area contributed by atoms with Crippen molar-refractivity contribution >= 4 is 11.9 Å². The Morgan fingerprint density at radius 3 is 2.00 bits per heavy atom. The second kappa shape index (κ2) is 11.0. The van der Waals surface area contributed by atoms with Gasteiger partial charge < -0.3 is 14.2 Å². The van der Waals surface area contributed by atoms with E-state index in [2.05, 4.69) is 17.9 Å². The monoisotopic (exact) mass is 480 g/mol. The highest BCUT2D eigenvalue weighted by molar-refractivity contribution is 5.88. The number of carbonyl (C=O) groups is 2. The summed E-state index contributed by atoms with van der Waals surface area (Å²) >= 11 is 0. The zero-order valence-corrected chi connectivity index (χ0v) is 18.5. The number of carbonyl (C=O) groups excluding carboxylic acids is 2. The predicted octanol–water partition coefficient (Wildman–Crippen LogP) is 6.50. The van der Waals surface area contributed by atoms with Crippen molar-refractivity contribution in [3.05, 3.63) is 109 Å². The molecule has 0 unspecified atom stereocenters. The minimum Gasteiger partial charge on any atom is -0.459 e. The van der Waals surface area contributed by atoms with Gasteiger partial charge in [-0.1, -0.05) is 31.4 Å². The van der Waals surface area contributed by atoms with Gasteiger partial charge in [0.1, 0.15) is 29.9 Å². The van der Waals surface area contributed by atoms with E-state index in [0.717, 1.165) is 36.8 Å². The normalized spacial score (nSPS) is 10.6. The number of halogens is 3. The molecule has 8 heteroatoms. The van der Waals surface area contributed by atoms with Crippen molar-refractivity contribution in [3.63, 3.8) is 0 Å². The van der Waals surface area contributed by atoms with E-state index in [-0.39, 0.29) is 39.3 Å². The Hall–Kier alpha value is -4.59. The highest BCUT2D eigenvalue weighted by atomic mass is 19.1. The molecular formula is C27H19F3O5. The maximum absolute atomic E-state index is 14.9. The van der Waals surface area contributed by atoms with Gasteiger partial charge in [0, 0.05) is 28.8 Å². The van der Waals surface area contributed by atoms with Gasteiger partial charge in [0.15, 0.2) is 11.6 Å². The molecule has 0 heterocycles. The van der Waals surface area contributed by atoms with E-state index in [0.29, 0.717) is 0 Å². The molecule has 5 nitrogen and oxygen atoms in total. The maximum atomic E-state index is 14.9. The van der Waals surface area contributed by atoms with Crippen LogP contribution in [0.2, 0.25) is 0 Å². The van der Waals surface area contributed by atoms with Crippen LogP contribution in [0.5, 0.6) is 11.5 Å². The number of benzene rings is 3. The molecule has 0 saturated heterocycles. The van der Waals surface area contributed by atoms with Crippen LogP contribution >= 0.6 is 0 Å². The molecule has 3 aromatic rings. The van der Waals surface area contributed by atoms with Crippen molar-refractivity contribution < 1.29 is 37.0 Å². The Bertz CT molecular complexity index is 1340. The van der Waals surface area contributed by atoms with Crippen LogP contribution in [0.1, 0.15) is 6.92 Å². The molecule has 0 radical (unpaired) electrons. The predicted molar refractivity (Wildman–Crippen MR) is 124 cm³/mol. The van der Waals surface area contributed by atoms with Gasteiger partial charge in [-0.25, -0.2) is 22.8 Å². The van der Waals surface area contributed by atoms with Crippen LogP contribution in [0.4, 0.5) is 13.2 Å². The van der Waals surface area contributed by atoms with Crippen LogP contribution < -0.4 is 9.47 Å². The van der Waals surface area contributed by atoms with Gasteiger partial charge in [-0.15, -0.1) is 0 Å². The van der Waals surface area contributed by atoms with Crippen LogP contribution in [0.15, 0.2) is 91.9 Å². The van der Waals surface area contributed by atoms with E-state index in [1.807, 2.05) is 0 Å². The molecule has 0 saturated carbocycles. The highest BCUT2D eigenvalue weighted by Gasteiger charge is 2.14. The standard InChI is InChI=1S/C27H19F3O5/c1-4-26(31)34-12-11-33-25-10-6-18(14-24(25)30)20-8-5-17(13-22(20)28)21-9-7-19(15-23(21)29)35-27(32)16(2)3/h4-15H,1-2H2,3H3. The third-order valence-electron chi connectivity index (χ3n) is 4.62. The van der Waals surface area contributed by atoms with E-state index >= 15 is 0 Å². The summed E-state index contributed by atoms with van der Waals surface area (Å²) in [6.07, 6.45) is 2.84. The summed E-state index contributed by atoms with van der Waals surface area (Å²) in [6, 6.07) is 11.5. The molecule has 0 N–H and O–H groups in total. The van der Waals surface area contributed by atoms with Crippen LogP contribution in [-0.4, -0.2) is 11.9 Å². The molecule has 0 aromatic heterocycles. The lowest BCUT2D eigenvalue weighted by Gasteiger charge is -2.10. The first-order valence-corrected chi connectivity index (χ1v) is 10.1. The number of esters is 2. The zero-order valence-electron chi connectivity index (χ0n) is 18.5. The Labute approximate surface area is 199 Å². The lowest BCUT2D eigenvalue weighted by molar-refractivity contribution is -0.132. The first-order valence-electron chi connectivity index (χ1n) is 10.1. The van der Waals surface area contributed by atoms with Crippen LogP contribution in [0, 0.1) is 17.5 Å². The Morgan fingerprint density at radius 1 is 0.829 bits per heavy atom. The molecule has 0 amide bonds. The number of hydrogen-bond donors (Lipinski definition) is 0. The summed E-state index contributed by atoms with van der Waals surface area (Å²) in [6.45, 7) is 8.14. The first kappa shape index (κ1) is 25.0. The molecule has 0 spiro atoms. The van der Waals surface area contributed by atoms with Crippen molar-refractivity contribution in [2.24, 2.45) is 0 Å². The summed E-state index contributed by atoms with van der Waals surface area (Å²) in [5, 5.41) is 0. The third kappa shape index (κ3) is 6.26. The molecule has 0 fully saturated rings. The number of hydrogen-bond acceptors (Lipinski definition) is 5.